The van der Waals surface area contributed by atoms with E-state index >= 15 is 0 Å². The smallest absolute Gasteiger partial charge is 0.264 e. The van der Waals surface area contributed by atoms with Crippen LogP contribution in [0.4, 0.5) is 0 Å². The van der Waals surface area contributed by atoms with Crippen molar-refractivity contribution in [3.05, 3.63) is 30.3 Å². The second-order valence-corrected chi connectivity index (χ2v) is 5.32. The Balaban J connectivity index is 2.70. The molecule has 18 heavy (non-hydrogen) atoms. The maximum absolute atomic E-state index is 11.8. The SMILES string of the molecule is COC(CN)CC(=O)NS(=O)(=O)c1ccccc1. The van der Waals surface area contributed by atoms with Crippen LogP contribution in [0.2, 0.25) is 0 Å². The summed E-state index contributed by atoms with van der Waals surface area (Å²) < 4.78 is 30.5. The fraction of sp³-hybridized carbons (Fsp3) is 0.364. The molecular weight excluding hydrogens is 256 g/mol. The zero-order valence-corrected chi connectivity index (χ0v) is 10.8. The standard InChI is InChI=1S/C11H16N2O4S/c1-17-9(8-12)7-11(14)13-18(15,16)10-5-3-2-4-6-10/h2-6,9H,7-8,12H2,1H3,(H,13,14). The Hall–Kier alpha value is -1.44. The van der Waals surface area contributed by atoms with Crippen LogP contribution in [0.25, 0.3) is 0 Å². The van der Waals surface area contributed by atoms with Crippen molar-refractivity contribution in [2.75, 3.05) is 13.7 Å². The van der Waals surface area contributed by atoms with Crippen molar-refractivity contribution < 1.29 is 17.9 Å². The van der Waals surface area contributed by atoms with Gasteiger partial charge in [-0.05, 0) is 12.1 Å². The first kappa shape index (κ1) is 14.6. The summed E-state index contributed by atoms with van der Waals surface area (Å²) in [5, 5.41) is 0. The van der Waals surface area contributed by atoms with Crippen LogP contribution in [0.5, 0.6) is 0 Å². The Labute approximate surface area is 106 Å². The van der Waals surface area contributed by atoms with Gasteiger partial charge in [-0.2, -0.15) is 0 Å². The number of rotatable bonds is 6. The minimum absolute atomic E-state index is 0.0417. The molecule has 0 fully saturated rings. The fourth-order valence-corrected chi connectivity index (χ4v) is 2.34. The number of carbonyl (C=O) groups excluding carboxylic acids is 1. The van der Waals surface area contributed by atoms with Crippen LogP contribution in [0.3, 0.4) is 0 Å². The van der Waals surface area contributed by atoms with Gasteiger partial charge in [-0.25, -0.2) is 13.1 Å². The largest absolute Gasteiger partial charge is 0.380 e. The van der Waals surface area contributed by atoms with Crippen LogP contribution >= 0.6 is 0 Å². The lowest BCUT2D eigenvalue weighted by molar-refractivity contribution is -0.121. The summed E-state index contributed by atoms with van der Waals surface area (Å²) >= 11 is 0. The molecule has 3 N–H and O–H groups in total. The summed E-state index contributed by atoms with van der Waals surface area (Å²) in [7, 11) is -2.40. The van der Waals surface area contributed by atoms with Crippen LogP contribution in [-0.2, 0) is 19.6 Å². The number of nitrogens with one attached hydrogen (secondary N) is 1. The van der Waals surface area contributed by atoms with Crippen LogP contribution in [0.15, 0.2) is 35.2 Å². The summed E-state index contributed by atoms with van der Waals surface area (Å²) in [5.41, 5.74) is 5.35. The average molecular weight is 272 g/mol. The van der Waals surface area contributed by atoms with Gasteiger partial charge in [0.05, 0.1) is 17.4 Å². The Kier molecular flexibility index (Phi) is 5.26. The van der Waals surface area contributed by atoms with Crippen molar-refractivity contribution >= 4 is 15.9 Å². The molecule has 1 unspecified atom stereocenters. The van der Waals surface area contributed by atoms with Crippen LogP contribution in [0, 0.1) is 0 Å². The van der Waals surface area contributed by atoms with E-state index in [0.717, 1.165) is 0 Å². The molecule has 1 aromatic carbocycles. The highest BCUT2D eigenvalue weighted by atomic mass is 32.2. The number of ether oxygens (including phenoxy) is 1. The zero-order valence-electron chi connectivity index (χ0n) is 10.00. The molecule has 6 nitrogen and oxygen atoms in total. The van der Waals surface area contributed by atoms with Gasteiger partial charge >= 0.3 is 0 Å². The number of methoxy groups -OCH3 is 1. The molecule has 1 aromatic rings. The number of nitrogens with two attached hydrogens (primary N) is 1. The van der Waals surface area contributed by atoms with E-state index in [1.54, 1.807) is 18.2 Å². The van der Waals surface area contributed by atoms with Crippen molar-refractivity contribution in [2.45, 2.75) is 17.4 Å². The molecule has 0 heterocycles. The van der Waals surface area contributed by atoms with Gasteiger partial charge in [0.1, 0.15) is 0 Å². The van der Waals surface area contributed by atoms with Crippen molar-refractivity contribution in [3.63, 3.8) is 0 Å². The van der Waals surface area contributed by atoms with Crippen LogP contribution in [0.1, 0.15) is 6.42 Å². The maximum Gasteiger partial charge on any atom is 0.264 e. The molecule has 0 aliphatic carbocycles. The van der Waals surface area contributed by atoms with Gasteiger partial charge in [-0.1, -0.05) is 18.2 Å². The number of benzene rings is 1. The molecule has 0 saturated heterocycles. The maximum atomic E-state index is 11.8. The molecule has 0 aromatic heterocycles. The van der Waals surface area contributed by atoms with E-state index in [9.17, 15) is 13.2 Å². The summed E-state index contributed by atoms with van der Waals surface area (Å²) in [4.78, 5) is 11.6. The molecule has 0 aliphatic heterocycles. The van der Waals surface area contributed by atoms with E-state index in [2.05, 4.69) is 0 Å². The molecule has 1 amide bonds. The molecule has 1 rings (SSSR count). The third-order valence-electron chi connectivity index (χ3n) is 2.31. The van der Waals surface area contributed by atoms with E-state index in [-0.39, 0.29) is 17.9 Å². The minimum Gasteiger partial charge on any atom is -0.380 e. The monoisotopic (exact) mass is 272 g/mol. The topological polar surface area (TPSA) is 98.5 Å². The second-order valence-electron chi connectivity index (χ2n) is 3.64. The van der Waals surface area contributed by atoms with Gasteiger partial charge in [0.25, 0.3) is 10.0 Å². The predicted molar refractivity (Wildman–Crippen MR) is 66.2 cm³/mol. The summed E-state index contributed by atoms with van der Waals surface area (Å²) in [6.45, 7) is 0.148. The molecular formula is C11H16N2O4S. The highest BCUT2D eigenvalue weighted by Gasteiger charge is 2.19. The summed E-state index contributed by atoms with van der Waals surface area (Å²) in [5.74, 6) is -0.642. The summed E-state index contributed by atoms with van der Waals surface area (Å²) in [6, 6.07) is 7.67. The van der Waals surface area contributed by atoms with Crippen LogP contribution < -0.4 is 10.5 Å². The van der Waals surface area contributed by atoms with E-state index < -0.39 is 22.0 Å². The Morgan fingerprint density at radius 2 is 2.00 bits per heavy atom. The number of carbonyl (C=O) groups is 1. The van der Waals surface area contributed by atoms with Gasteiger partial charge in [0.2, 0.25) is 5.91 Å². The van der Waals surface area contributed by atoms with Gasteiger partial charge < -0.3 is 10.5 Å². The lowest BCUT2D eigenvalue weighted by Crippen LogP contribution is -2.35. The van der Waals surface area contributed by atoms with Crippen molar-refractivity contribution in [3.8, 4) is 0 Å². The van der Waals surface area contributed by atoms with Crippen molar-refractivity contribution in [1.82, 2.24) is 4.72 Å². The number of hydrogen-bond donors (Lipinski definition) is 2. The van der Waals surface area contributed by atoms with E-state index in [1.807, 2.05) is 4.72 Å². The first-order chi connectivity index (χ1) is 8.49. The normalized spacial score (nSPS) is 13.0. The van der Waals surface area contributed by atoms with Crippen molar-refractivity contribution in [2.24, 2.45) is 5.73 Å². The number of hydrogen-bond acceptors (Lipinski definition) is 5. The first-order valence-corrected chi connectivity index (χ1v) is 6.81. The van der Waals surface area contributed by atoms with Crippen LogP contribution in [-0.4, -0.2) is 34.1 Å². The minimum atomic E-state index is -3.82. The van der Waals surface area contributed by atoms with Gasteiger partial charge in [0.15, 0.2) is 0 Å². The molecule has 1 atom stereocenters. The third kappa shape index (κ3) is 4.10. The fourth-order valence-electron chi connectivity index (χ4n) is 1.32. The van der Waals surface area contributed by atoms with Gasteiger partial charge in [-0.15, -0.1) is 0 Å². The Morgan fingerprint density at radius 1 is 1.39 bits per heavy atom. The number of amides is 1. The zero-order chi connectivity index (χ0) is 13.6. The first-order valence-electron chi connectivity index (χ1n) is 5.33. The highest BCUT2D eigenvalue weighted by molar-refractivity contribution is 7.90. The molecule has 0 aliphatic rings. The molecule has 0 radical (unpaired) electrons. The molecule has 0 spiro atoms. The molecule has 0 saturated carbocycles. The average Bonchev–Trinajstić information content (AvgIpc) is 2.36. The highest BCUT2D eigenvalue weighted by Crippen LogP contribution is 2.07. The van der Waals surface area contributed by atoms with E-state index in [0.29, 0.717) is 0 Å². The molecule has 0 bridgehead atoms. The Bertz CT molecular complexity index is 483. The second kappa shape index (κ2) is 6.48. The van der Waals surface area contributed by atoms with E-state index in [1.165, 1.54) is 19.2 Å². The predicted octanol–water partition coefficient (Wildman–Crippen LogP) is -0.145. The quantitative estimate of drug-likeness (QED) is 0.750. The van der Waals surface area contributed by atoms with Crippen molar-refractivity contribution in [1.29, 1.82) is 0 Å². The summed E-state index contributed by atoms with van der Waals surface area (Å²) in [6.07, 6.45) is -0.588. The van der Waals surface area contributed by atoms with Gasteiger partial charge in [0, 0.05) is 13.7 Å². The van der Waals surface area contributed by atoms with E-state index in [4.69, 9.17) is 10.5 Å². The molecule has 7 heteroatoms. The third-order valence-corrected chi connectivity index (χ3v) is 3.70. The molecule has 100 valence electrons. The Morgan fingerprint density at radius 3 is 2.50 bits per heavy atom. The number of sulfonamides is 1. The lowest BCUT2D eigenvalue weighted by Gasteiger charge is -2.12. The lowest BCUT2D eigenvalue weighted by atomic mass is 10.2. The van der Waals surface area contributed by atoms with Gasteiger partial charge in [-0.3, -0.25) is 4.79 Å².